The summed E-state index contributed by atoms with van der Waals surface area (Å²) in [6.45, 7) is 7.30. The second-order valence-electron chi connectivity index (χ2n) is 8.39. The number of rotatable bonds is 8. The lowest BCUT2D eigenvalue weighted by atomic mass is 9.90. The van der Waals surface area contributed by atoms with Gasteiger partial charge in [0.1, 0.15) is 18.3 Å². The molecule has 1 fully saturated rings. The quantitative estimate of drug-likeness (QED) is 0.281. The average molecular weight is 512 g/mol. The lowest BCUT2D eigenvalue weighted by Crippen LogP contribution is -2.13. The van der Waals surface area contributed by atoms with Crippen molar-refractivity contribution in [3.05, 3.63) is 82.0 Å². The standard InChI is InChI=1S/C22H31F4N.C6H7FN2/c1-6-10-18(22(24,25)26)13-21(17(8-3)15-23)20(16(4)7-2)14-19-11-9-12-27(19)5;1-8-6-3-2-5(7)4-9-6/h8,10,13-14H,6-7,9,11-12,15H2,1-5H3;2-4H,1H3,(H,8,9)/b17-8-,18-10-,19-14-,20-16?,21-13+;. The van der Waals surface area contributed by atoms with Crippen LogP contribution in [0.2, 0.25) is 0 Å². The van der Waals surface area contributed by atoms with Crippen LogP contribution in [0.1, 0.15) is 53.4 Å². The van der Waals surface area contributed by atoms with E-state index in [2.05, 4.69) is 15.2 Å². The third-order valence-electron chi connectivity index (χ3n) is 5.88. The third-order valence-corrected chi connectivity index (χ3v) is 5.88. The van der Waals surface area contributed by atoms with Crippen LogP contribution < -0.4 is 5.32 Å². The molecule has 1 aromatic heterocycles. The number of alkyl halides is 4. The molecule has 200 valence electrons. The van der Waals surface area contributed by atoms with Crippen LogP contribution in [-0.2, 0) is 0 Å². The molecule has 1 aromatic rings. The summed E-state index contributed by atoms with van der Waals surface area (Å²) >= 11 is 0. The number of hydrogen-bond acceptors (Lipinski definition) is 3. The van der Waals surface area contributed by atoms with Crippen LogP contribution in [0.25, 0.3) is 0 Å². The van der Waals surface area contributed by atoms with Crippen molar-refractivity contribution in [1.82, 2.24) is 9.88 Å². The molecule has 0 saturated carbocycles. The Hall–Kier alpha value is -2.90. The van der Waals surface area contributed by atoms with Gasteiger partial charge in [0.15, 0.2) is 0 Å². The van der Waals surface area contributed by atoms with E-state index < -0.39 is 18.4 Å². The Morgan fingerprint density at radius 1 is 1.22 bits per heavy atom. The van der Waals surface area contributed by atoms with Gasteiger partial charge in [0.25, 0.3) is 0 Å². The number of pyridine rings is 1. The van der Waals surface area contributed by atoms with Crippen LogP contribution in [0.4, 0.5) is 27.8 Å². The average Bonchev–Trinajstić information content (AvgIpc) is 3.26. The van der Waals surface area contributed by atoms with Crippen molar-refractivity contribution in [2.45, 2.75) is 59.6 Å². The van der Waals surface area contributed by atoms with Gasteiger partial charge in [-0.15, -0.1) is 0 Å². The maximum atomic E-state index is 13.7. The summed E-state index contributed by atoms with van der Waals surface area (Å²) in [4.78, 5) is 5.82. The molecular weight excluding hydrogens is 473 g/mol. The van der Waals surface area contributed by atoms with Gasteiger partial charge in [-0.1, -0.05) is 31.6 Å². The van der Waals surface area contributed by atoms with E-state index in [-0.39, 0.29) is 17.8 Å². The molecule has 8 heteroatoms. The molecule has 1 aliphatic rings. The van der Waals surface area contributed by atoms with Crippen LogP contribution in [0.3, 0.4) is 0 Å². The zero-order valence-corrected chi connectivity index (χ0v) is 22.1. The number of hydrogen-bond donors (Lipinski definition) is 1. The van der Waals surface area contributed by atoms with E-state index in [9.17, 15) is 22.0 Å². The summed E-state index contributed by atoms with van der Waals surface area (Å²) in [7, 11) is 3.71. The lowest BCUT2D eigenvalue weighted by molar-refractivity contribution is -0.0884. The molecule has 0 spiro atoms. The topological polar surface area (TPSA) is 28.2 Å². The highest BCUT2D eigenvalue weighted by Crippen LogP contribution is 2.34. The number of allylic oxidation sites excluding steroid dienone is 10. The van der Waals surface area contributed by atoms with Crippen LogP contribution >= 0.6 is 0 Å². The maximum absolute atomic E-state index is 13.7. The Kier molecular flexibility index (Phi) is 13.2. The van der Waals surface area contributed by atoms with Crippen molar-refractivity contribution in [3.8, 4) is 0 Å². The summed E-state index contributed by atoms with van der Waals surface area (Å²) in [5.41, 5.74) is 2.59. The first-order chi connectivity index (χ1) is 17.0. The summed E-state index contributed by atoms with van der Waals surface area (Å²) in [5, 5.41) is 2.78. The van der Waals surface area contributed by atoms with Gasteiger partial charge in [-0.3, -0.25) is 0 Å². The van der Waals surface area contributed by atoms with Crippen LogP contribution in [0.5, 0.6) is 0 Å². The molecule has 1 saturated heterocycles. The van der Waals surface area contributed by atoms with E-state index in [1.54, 1.807) is 33.0 Å². The number of aromatic nitrogens is 1. The fourth-order valence-corrected chi connectivity index (χ4v) is 3.61. The van der Waals surface area contributed by atoms with Crippen molar-refractivity contribution in [1.29, 1.82) is 0 Å². The molecule has 2 rings (SSSR count). The maximum Gasteiger partial charge on any atom is 0.416 e. The minimum Gasteiger partial charge on any atom is -0.378 e. The van der Waals surface area contributed by atoms with Gasteiger partial charge >= 0.3 is 6.18 Å². The van der Waals surface area contributed by atoms with Crippen molar-refractivity contribution >= 4 is 5.82 Å². The fraction of sp³-hybridized carbons (Fsp3) is 0.464. The van der Waals surface area contributed by atoms with Crippen molar-refractivity contribution in [2.75, 3.05) is 32.6 Å². The number of halogens is 5. The van der Waals surface area contributed by atoms with Crippen molar-refractivity contribution < 1.29 is 22.0 Å². The van der Waals surface area contributed by atoms with E-state index in [1.807, 2.05) is 27.0 Å². The SMILES string of the molecule is CNc1ccc(F)cn1.C\C=C(CF)/C(=C\C(=C\CC)C(F)(F)F)C(/C=C1/CCCN1C)=C(C)CC. The highest BCUT2D eigenvalue weighted by molar-refractivity contribution is 5.57. The molecule has 3 nitrogen and oxygen atoms in total. The smallest absolute Gasteiger partial charge is 0.378 e. The molecule has 36 heavy (non-hydrogen) atoms. The molecule has 0 aliphatic carbocycles. The van der Waals surface area contributed by atoms with Gasteiger partial charge in [-0.2, -0.15) is 13.2 Å². The Bertz CT molecular complexity index is 983. The molecule has 0 atom stereocenters. The summed E-state index contributed by atoms with van der Waals surface area (Å²) in [6.07, 6.45) is 5.30. The van der Waals surface area contributed by atoms with Gasteiger partial charge in [-0.05, 0) is 80.5 Å². The monoisotopic (exact) mass is 511 g/mol. The van der Waals surface area contributed by atoms with Gasteiger partial charge < -0.3 is 10.2 Å². The van der Waals surface area contributed by atoms with Crippen LogP contribution in [0.15, 0.2) is 76.2 Å². The van der Waals surface area contributed by atoms with Crippen LogP contribution in [-0.4, -0.2) is 43.4 Å². The third kappa shape index (κ3) is 9.63. The highest BCUT2D eigenvalue weighted by atomic mass is 19.4. The van der Waals surface area contributed by atoms with E-state index in [0.717, 1.165) is 42.8 Å². The first kappa shape index (κ1) is 31.1. The van der Waals surface area contributed by atoms with E-state index >= 15 is 0 Å². The fourth-order valence-electron chi connectivity index (χ4n) is 3.61. The highest BCUT2D eigenvalue weighted by Gasteiger charge is 2.32. The predicted octanol–water partition coefficient (Wildman–Crippen LogP) is 8.33. The Balaban J connectivity index is 0.000000600. The molecule has 1 aliphatic heterocycles. The minimum absolute atomic E-state index is 0.259. The van der Waals surface area contributed by atoms with Gasteiger partial charge in [-0.25, -0.2) is 13.8 Å². The number of anilines is 1. The minimum atomic E-state index is -4.47. The first-order valence-electron chi connectivity index (χ1n) is 12.1. The van der Waals surface area contributed by atoms with E-state index in [1.165, 1.54) is 12.3 Å². The zero-order chi connectivity index (χ0) is 27.3. The predicted molar refractivity (Wildman–Crippen MR) is 139 cm³/mol. The normalized spacial score (nSPS) is 17.1. The largest absolute Gasteiger partial charge is 0.416 e. The first-order valence-corrected chi connectivity index (χ1v) is 12.1. The second-order valence-corrected chi connectivity index (χ2v) is 8.39. The van der Waals surface area contributed by atoms with Gasteiger partial charge in [0.2, 0.25) is 0 Å². The van der Waals surface area contributed by atoms with Gasteiger partial charge in [0, 0.05) is 26.3 Å². The van der Waals surface area contributed by atoms with Crippen molar-refractivity contribution in [3.63, 3.8) is 0 Å². The van der Waals surface area contributed by atoms with Crippen molar-refractivity contribution in [2.24, 2.45) is 0 Å². The Morgan fingerprint density at radius 3 is 2.33 bits per heavy atom. The summed E-state index contributed by atoms with van der Waals surface area (Å²) in [6, 6.07) is 2.94. The summed E-state index contributed by atoms with van der Waals surface area (Å²) in [5.74, 6) is 0.366. The molecule has 0 aromatic carbocycles. The molecule has 0 amide bonds. The van der Waals surface area contributed by atoms with E-state index in [4.69, 9.17) is 0 Å². The van der Waals surface area contributed by atoms with Gasteiger partial charge in [0.05, 0.1) is 11.8 Å². The number of nitrogens with zero attached hydrogens (tertiary/aromatic N) is 2. The molecule has 1 N–H and O–H groups in total. The summed E-state index contributed by atoms with van der Waals surface area (Å²) < 4.78 is 66.3. The number of nitrogens with one attached hydrogen (secondary N) is 1. The molecular formula is C28H38F5N3. The Morgan fingerprint density at radius 2 is 1.92 bits per heavy atom. The molecule has 0 radical (unpaired) electrons. The number of likely N-dealkylation sites (tertiary alicyclic amines) is 1. The zero-order valence-electron chi connectivity index (χ0n) is 22.1. The van der Waals surface area contributed by atoms with E-state index in [0.29, 0.717) is 23.4 Å². The lowest BCUT2D eigenvalue weighted by Gasteiger charge is -2.19. The Labute approximate surface area is 212 Å². The van der Waals surface area contributed by atoms with Crippen LogP contribution in [0, 0.1) is 5.82 Å². The molecule has 2 heterocycles. The molecule has 0 unspecified atom stereocenters. The second kappa shape index (κ2) is 15.3. The molecule has 0 bridgehead atoms.